The van der Waals surface area contributed by atoms with Gasteiger partial charge in [-0.1, -0.05) is 24.3 Å². The van der Waals surface area contributed by atoms with Crippen molar-refractivity contribution in [2.24, 2.45) is 0 Å². The third-order valence-corrected chi connectivity index (χ3v) is 3.79. The molecule has 0 aromatic heterocycles. The molecular formula is C16H14F2O. The number of aliphatic hydroxyl groups excluding tert-OH is 1. The Morgan fingerprint density at radius 2 is 1.95 bits per heavy atom. The van der Waals surface area contributed by atoms with Crippen molar-refractivity contribution in [1.29, 1.82) is 0 Å². The van der Waals surface area contributed by atoms with Crippen LogP contribution in [0.25, 0.3) is 0 Å². The van der Waals surface area contributed by atoms with E-state index in [1.54, 1.807) is 0 Å². The van der Waals surface area contributed by atoms with Gasteiger partial charge < -0.3 is 5.11 Å². The molecule has 2 aromatic rings. The zero-order valence-electron chi connectivity index (χ0n) is 10.3. The van der Waals surface area contributed by atoms with Crippen LogP contribution in [0.2, 0.25) is 0 Å². The van der Waals surface area contributed by atoms with Crippen molar-refractivity contribution in [3.05, 3.63) is 70.8 Å². The maximum atomic E-state index is 13.6. The van der Waals surface area contributed by atoms with Crippen LogP contribution in [0.4, 0.5) is 8.78 Å². The van der Waals surface area contributed by atoms with Crippen molar-refractivity contribution < 1.29 is 13.9 Å². The molecule has 1 N–H and O–H groups in total. The largest absolute Gasteiger partial charge is 0.388 e. The first kappa shape index (κ1) is 12.3. The van der Waals surface area contributed by atoms with Gasteiger partial charge in [0.2, 0.25) is 0 Å². The van der Waals surface area contributed by atoms with E-state index in [2.05, 4.69) is 6.07 Å². The summed E-state index contributed by atoms with van der Waals surface area (Å²) in [6.07, 6.45) is 0.357. The minimum Gasteiger partial charge on any atom is -0.388 e. The molecule has 1 nitrogen and oxygen atoms in total. The Bertz CT molecular complexity index is 609. The number of rotatable bonds is 3. The highest BCUT2D eigenvalue weighted by molar-refractivity contribution is 5.40. The highest BCUT2D eigenvalue weighted by atomic mass is 19.1. The van der Waals surface area contributed by atoms with E-state index in [0.717, 1.165) is 24.6 Å². The third kappa shape index (κ3) is 2.26. The van der Waals surface area contributed by atoms with Crippen LogP contribution in [0.1, 0.15) is 35.1 Å². The van der Waals surface area contributed by atoms with Gasteiger partial charge >= 0.3 is 0 Å². The minimum atomic E-state index is -0.964. The van der Waals surface area contributed by atoms with Gasteiger partial charge in [0.1, 0.15) is 11.6 Å². The number of benzene rings is 2. The highest BCUT2D eigenvalue weighted by Crippen LogP contribution is 2.40. The third-order valence-electron chi connectivity index (χ3n) is 3.79. The molecular weight excluding hydrogens is 246 g/mol. The summed E-state index contributed by atoms with van der Waals surface area (Å²) in [5.41, 5.74) is 2.53. The fraction of sp³-hybridized carbons (Fsp3) is 0.250. The van der Waals surface area contributed by atoms with Gasteiger partial charge in [0, 0.05) is 5.56 Å². The first-order valence-electron chi connectivity index (χ1n) is 6.36. The summed E-state index contributed by atoms with van der Waals surface area (Å²) in [6.45, 7) is 0. The number of hydrogen-bond acceptors (Lipinski definition) is 1. The lowest BCUT2D eigenvalue weighted by Crippen LogP contribution is -2.19. The van der Waals surface area contributed by atoms with Gasteiger partial charge in [0.25, 0.3) is 0 Å². The highest BCUT2D eigenvalue weighted by Gasteiger charge is 2.28. The smallest absolute Gasteiger partial charge is 0.129 e. The van der Waals surface area contributed by atoms with E-state index in [0.29, 0.717) is 6.42 Å². The maximum Gasteiger partial charge on any atom is 0.129 e. The van der Waals surface area contributed by atoms with Gasteiger partial charge in [-0.15, -0.1) is 0 Å². The second kappa shape index (κ2) is 4.74. The summed E-state index contributed by atoms with van der Waals surface area (Å²) < 4.78 is 26.7. The first-order valence-corrected chi connectivity index (χ1v) is 6.36. The van der Waals surface area contributed by atoms with Crippen LogP contribution in [-0.4, -0.2) is 5.11 Å². The van der Waals surface area contributed by atoms with Crippen molar-refractivity contribution in [2.75, 3.05) is 0 Å². The maximum absolute atomic E-state index is 13.6. The summed E-state index contributed by atoms with van der Waals surface area (Å²) in [5.74, 6) is -0.847. The second-order valence-corrected chi connectivity index (χ2v) is 5.02. The van der Waals surface area contributed by atoms with Crippen LogP contribution in [0.5, 0.6) is 0 Å². The monoisotopic (exact) mass is 260 g/mol. The average molecular weight is 260 g/mol. The molecule has 0 amide bonds. The van der Waals surface area contributed by atoms with Crippen molar-refractivity contribution in [2.45, 2.75) is 24.9 Å². The number of hydrogen-bond donors (Lipinski definition) is 1. The van der Waals surface area contributed by atoms with Crippen molar-refractivity contribution >= 4 is 0 Å². The standard InChI is InChI=1S/C16H14F2O/c17-12-5-6-15(18)14(9-12)16(19)8-11-7-10-3-1-2-4-13(10)11/h1-6,9,11,16,19H,7-8H2. The molecule has 98 valence electrons. The molecule has 2 aromatic carbocycles. The normalized spacial score (nSPS) is 18.6. The fourth-order valence-corrected chi connectivity index (χ4v) is 2.74. The summed E-state index contributed by atoms with van der Waals surface area (Å²) in [4.78, 5) is 0. The summed E-state index contributed by atoms with van der Waals surface area (Å²) >= 11 is 0. The second-order valence-electron chi connectivity index (χ2n) is 5.02. The van der Waals surface area contributed by atoms with Crippen molar-refractivity contribution in [3.8, 4) is 0 Å². The van der Waals surface area contributed by atoms with E-state index in [1.807, 2.05) is 18.2 Å². The van der Waals surface area contributed by atoms with Crippen LogP contribution in [0, 0.1) is 11.6 Å². The number of fused-ring (bicyclic) bond motifs is 1. The fourth-order valence-electron chi connectivity index (χ4n) is 2.74. The minimum absolute atomic E-state index is 0.0457. The quantitative estimate of drug-likeness (QED) is 0.891. The van der Waals surface area contributed by atoms with Crippen LogP contribution in [0.15, 0.2) is 42.5 Å². The van der Waals surface area contributed by atoms with Crippen LogP contribution in [-0.2, 0) is 6.42 Å². The average Bonchev–Trinajstić information content (AvgIpc) is 2.38. The predicted molar refractivity (Wildman–Crippen MR) is 68.8 cm³/mol. The molecule has 0 aliphatic heterocycles. The van der Waals surface area contributed by atoms with E-state index < -0.39 is 17.7 Å². The SMILES string of the molecule is OC(CC1Cc2ccccc21)c1cc(F)ccc1F. The molecule has 2 atom stereocenters. The predicted octanol–water partition coefficient (Wildman–Crippen LogP) is 3.73. The van der Waals surface area contributed by atoms with Gasteiger partial charge in [-0.05, 0) is 48.1 Å². The summed E-state index contributed by atoms with van der Waals surface area (Å²) in [6, 6.07) is 11.2. The number of halogens is 2. The topological polar surface area (TPSA) is 20.2 Å². The molecule has 0 radical (unpaired) electrons. The molecule has 3 rings (SSSR count). The van der Waals surface area contributed by atoms with E-state index >= 15 is 0 Å². The Morgan fingerprint density at radius 3 is 2.74 bits per heavy atom. The molecule has 19 heavy (non-hydrogen) atoms. The molecule has 1 aliphatic carbocycles. The summed E-state index contributed by atoms with van der Waals surface area (Å²) in [7, 11) is 0. The molecule has 3 heteroatoms. The van der Waals surface area contributed by atoms with E-state index in [-0.39, 0.29) is 11.5 Å². The lowest BCUT2D eigenvalue weighted by molar-refractivity contribution is 0.149. The van der Waals surface area contributed by atoms with Gasteiger partial charge in [0.05, 0.1) is 6.10 Å². The molecule has 0 saturated heterocycles. The van der Waals surface area contributed by atoms with Crippen molar-refractivity contribution in [1.82, 2.24) is 0 Å². The molecule has 0 saturated carbocycles. The Labute approximate surface area is 110 Å². The van der Waals surface area contributed by atoms with Gasteiger partial charge in [-0.2, -0.15) is 0 Å². The lowest BCUT2D eigenvalue weighted by Gasteiger charge is -2.31. The van der Waals surface area contributed by atoms with Crippen LogP contribution in [0.3, 0.4) is 0 Å². The van der Waals surface area contributed by atoms with Crippen LogP contribution < -0.4 is 0 Å². The first-order chi connectivity index (χ1) is 9.15. The Hall–Kier alpha value is -1.74. The van der Waals surface area contributed by atoms with Crippen molar-refractivity contribution in [3.63, 3.8) is 0 Å². The van der Waals surface area contributed by atoms with Gasteiger partial charge in [-0.25, -0.2) is 8.78 Å². The Balaban J connectivity index is 1.76. The van der Waals surface area contributed by atoms with E-state index in [9.17, 15) is 13.9 Å². The number of aliphatic hydroxyl groups is 1. The molecule has 0 bridgehead atoms. The molecule has 1 aliphatic rings. The zero-order chi connectivity index (χ0) is 13.4. The zero-order valence-corrected chi connectivity index (χ0v) is 10.3. The molecule has 0 heterocycles. The van der Waals surface area contributed by atoms with E-state index in [1.165, 1.54) is 11.1 Å². The van der Waals surface area contributed by atoms with Crippen LogP contribution >= 0.6 is 0 Å². The molecule has 0 spiro atoms. The Kier molecular flexibility index (Phi) is 3.07. The van der Waals surface area contributed by atoms with Gasteiger partial charge in [-0.3, -0.25) is 0 Å². The van der Waals surface area contributed by atoms with E-state index in [4.69, 9.17) is 0 Å². The molecule has 2 unspecified atom stereocenters. The Morgan fingerprint density at radius 1 is 1.16 bits per heavy atom. The summed E-state index contributed by atoms with van der Waals surface area (Å²) in [5, 5.41) is 10.1. The lowest BCUT2D eigenvalue weighted by atomic mass is 9.74. The van der Waals surface area contributed by atoms with Gasteiger partial charge in [0.15, 0.2) is 0 Å². The molecule has 0 fully saturated rings.